The highest BCUT2D eigenvalue weighted by Crippen LogP contribution is 2.26. The highest BCUT2D eigenvalue weighted by atomic mass is 19.1. The Morgan fingerprint density at radius 2 is 1.90 bits per heavy atom. The van der Waals surface area contributed by atoms with E-state index in [1.165, 1.54) is 18.5 Å². The summed E-state index contributed by atoms with van der Waals surface area (Å²) in [5, 5.41) is 4.06. The van der Waals surface area contributed by atoms with E-state index in [9.17, 15) is 4.39 Å². The van der Waals surface area contributed by atoms with Gasteiger partial charge in [0.05, 0.1) is 6.54 Å². The minimum Gasteiger partial charge on any atom is -0.398 e. The van der Waals surface area contributed by atoms with E-state index in [4.69, 9.17) is 5.73 Å². The van der Waals surface area contributed by atoms with Crippen molar-refractivity contribution < 1.29 is 4.39 Å². The van der Waals surface area contributed by atoms with Crippen LogP contribution in [0.5, 0.6) is 0 Å². The van der Waals surface area contributed by atoms with Crippen LogP contribution in [0, 0.1) is 5.82 Å². The number of hydrogen-bond acceptors (Lipinski definition) is 3. The van der Waals surface area contributed by atoms with Gasteiger partial charge in [-0.15, -0.1) is 0 Å². The van der Waals surface area contributed by atoms with Crippen LogP contribution in [0.4, 0.5) is 10.1 Å². The van der Waals surface area contributed by atoms with Gasteiger partial charge >= 0.3 is 0 Å². The summed E-state index contributed by atoms with van der Waals surface area (Å²) < 4.78 is 14.8. The van der Waals surface area contributed by atoms with Gasteiger partial charge in [0.25, 0.3) is 0 Å². The average molecular weight is 268 g/mol. The number of nitrogen functional groups attached to an aromatic ring is 1. The fourth-order valence-electron chi connectivity index (χ4n) is 2.09. The predicted octanol–water partition coefficient (Wildman–Crippen LogP) is 2.71. The molecule has 100 valence electrons. The Bertz CT molecular complexity index is 705. The van der Waals surface area contributed by atoms with Crippen LogP contribution >= 0.6 is 0 Å². The summed E-state index contributed by atoms with van der Waals surface area (Å²) in [6, 6.07) is 12.4. The smallest absolute Gasteiger partial charge is 0.137 e. The molecule has 0 radical (unpaired) electrons. The molecule has 1 aromatic heterocycles. The molecule has 20 heavy (non-hydrogen) atoms. The minimum atomic E-state index is -0.325. The molecule has 0 aliphatic rings. The maximum atomic E-state index is 13.0. The first-order chi connectivity index (χ1) is 9.72. The number of aromatic nitrogens is 3. The van der Waals surface area contributed by atoms with E-state index >= 15 is 0 Å². The first-order valence-corrected chi connectivity index (χ1v) is 6.19. The molecule has 1 heterocycles. The van der Waals surface area contributed by atoms with Crippen molar-refractivity contribution in [1.29, 1.82) is 0 Å². The van der Waals surface area contributed by atoms with Crippen LogP contribution in [0.1, 0.15) is 5.56 Å². The van der Waals surface area contributed by atoms with Gasteiger partial charge < -0.3 is 5.73 Å². The molecule has 0 saturated carbocycles. The number of nitrogens with two attached hydrogens (primary N) is 1. The van der Waals surface area contributed by atoms with Crippen molar-refractivity contribution in [2.24, 2.45) is 0 Å². The topological polar surface area (TPSA) is 56.7 Å². The Morgan fingerprint density at radius 1 is 1.10 bits per heavy atom. The van der Waals surface area contributed by atoms with Crippen LogP contribution in [-0.2, 0) is 6.54 Å². The number of rotatable bonds is 3. The summed E-state index contributed by atoms with van der Waals surface area (Å²) in [4.78, 5) is 3.90. The molecule has 0 amide bonds. The van der Waals surface area contributed by atoms with Gasteiger partial charge in [0.2, 0.25) is 0 Å². The largest absolute Gasteiger partial charge is 0.398 e. The van der Waals surface area contributed by atoms with E-state index in [2.05, 4.69) is 10.1 Å². The van der Waals surface area contributed by atoms with E-state index < -0.39 is 0 Å². The standard InChI is InChI=1S/C15H13FN4/c16-13-5-6-14(15(17)7-13)12-3-1-11(2-4-12)8-20-10-18-9-19-20/h1-7,9-10H,8,17H2. The van der Waals surface area contributed by atoms with Crippen molar-refractivity contribution in [3.8, 4) is 11.1 Å². The normalized spacial score (nSPS) is 10.7. The lowest BCUT2D eigenvalue weighted by molar-refractivity contribution is 0.628. The second-order valence-corrected chi connectivity index (χ2v) is 4.52. The SMILES string of the molecule is Nc1cc(F)ccc1-c1ccc(Cn2cncn2)cc1. The van der Waals surface area contributed by atoms with Gasteiger partial charge in [0, 0.05) is 11.3 Å². The van der Waals surface area contributed by atoms with E-state index in [0.29, 0.717) is 12.2 Å². The molecule has 2 aromatic carbocycles. The molecular formula is C15H13FN4. The molecule has 0 unspecified atom stereocenters. The van der Waals surface area contributed by atoms with Crippen LogP contribution in [0.25, 0.3) is 11.1 Å². The van der Waals surface area contributed by atoms with Crippen molar-refractivity contribution in [2.75, 3.05) is 5.73 Å². The minimum absolute atomic E-state index is 0.325. The third-order valence-electron chi connectivity index (χ3n) is 3.09. The molecule has 0 spiro atoms. The first kappa shape index (κ1) is 12.3. The molecule has 3 aromatic rings. The monoisotopic (exact) mass is 268 g/mol. The summed E-state index contributed by atoms with van der Waals surface area (Å²) in [5.74, 6) is -0.325. The summed E-state index contributed by atoms with van der Waals surface area (Å²) in [6.07, 6.45) is 3.18. The predicted molar refractivity (Wildman–Crippen MR) is 75.4 cm³/mol. The van der Waals surface area contributed by atoms with Gasteiger partial charge in [-0.2, -0.15) is 5.10 Å². The number of anilines is 1. The summed E-state index contributed by atoms with van der Waals surface area (Å²) >= 11 is 0. The van der Waals surface area contributed by atoms with Gasteiger partial charge in [-0.1, -0.05) is 24.3 Å². The van der Waals surface area contributed by atoms with Crippen LogP contribution in [0.2, 0.25) is 0 Å². The lowest BCUT2D eigenvalue weighted by Crippen LogP contribution is -1.99. The van der Waals surface area contributed by atoms with Crippen molar-refractivity contribution in [1.82, 2.24) is 14.8 Å². The molecule has 0 aliphatic carbocycles. The number of halogens is 1. The van der Waals surface area contributed by atoms with Gasteiger partial charge in [-0.05, 0) is 29.3 Å². The zero-order chi connectivity index (χ0) is 13.9. The van der Waals surface area contributed by atoms with E-state index in [-0.39, 0.29) is 5.82 Å². The molecule has 2 N–H and O–H groups in total. The molecular weight excluding hydrogens is 255 g/mol. The maximum absolute atomic E-state index is 13.0. The Hall–Kier alpha value is -2.69. The molecule has 5 heteroatoms. The van der Waals surface area contributed by atoms with Gasteiger partial charge in [-0.25, -0.2) is 14.1 Å². The molecule has 0 aliphatic heterocycles. The Balaban J connectivity index is 1.85. The van der Waals surface area contributed by atoms with Gasteiger partial charge in [-0.3, -0.25) is 0 Å². The fourth-order valence-corrected chi connectivity index (χ4v) is 2.09. The highest BCUT2D eigenvalue weighted by Gasteiger charge is 2.04. The maximum Gasteiger partial charge on any atom is 0.137 e. The van der Waals surface area contributed by atoms with Gasteiger partial charge in [0.1, 0.15) is 18.5 Å². The van der Waals surface area contributed by atoms with Crippen LogP contribution < -0.4 is 5.73 Å². The second kappa shape index (κ2) is 5.13. The number of nitrogens with zero attached hydrogens (tertiary/aromatic N) is 3. The molecule has 0 saturated heterocycles. The van der Waals surface area contributed by atoms with Crippen molar-refractivity contribution in [3.63, 3.8) is 0 Å². The zero-order valence-electron chi connectivity index (χ0n) is 10.7. The van der Waals surface area contributed by atoms with Crippen LogP contribution in [0.3, 0.4) is 0 Å². The van der Waals surface area contributed by atoms with Crippen LogP contribution in [0.15, 0.2) is 55.1 Å². The molecule has 3 rings (SSSR count). The Labute approximate surface area is 115 Å². The first-order valence-electron chi connectivity index (χ1n) is 6.19. The van der Waals surface area contributed by atoms with Crippen LogP contribution in [-0.4, -0.2) is 14.8 Å². The Morgan fingerprint density at radius 3 is 2.55 bits per heavy atom. The van der Waals surface area contributed by atoms with Crippen molar-refractivity contribution >= 4 is 5.69 Å². The lowest BCUT2D eigenvalue weighted by atomic mass is 10.0. The zero-order valence-corrected chi connectivity index (χ0v) is 10.7. The molecule has 4 nitrogen and oxygen atoms in total. The Kier molecular flexibility index (Phi) is 3.16. The number of benzene rings is 2. The average Bonchev–Trinajstić information content (AvgIpc) is 2.93. The van der Waals surface area contributed by atoms with E-state index in [0.717, 1.165) is 16.7 Å². The quantitative estimate of drug-likeness (QED) is 0.743. The molecule has 0 atom stereocenters. The van der Waals surface area contributed by atoms with Gasteiger partial charge in [0.15, 0.2) is 0 Å². The summed E-state index contributed by atoms with van der Waals surface area (Å²) in [5.41, 5.74) is 9.18. The second-order valence-electron chi connectivity index (χ2n) is 4.52. The number of hydrogen-bond donors (Lipinski definition) is 1. The van der Waals surface area contributed by atoms with Crippen molar-refractivity contribution in [3.05, 3.63) is 66.5 Å². The van der Waals surface area contributed by atoms with E-state index in [1.807, 2.05) is 24.3 Å². The lowest BCUT2D eigenvalue weighted by Gasteiger charge is -2.07. The fraction of sp³-hybridized carbons (Fsp3) is 0.0667. The third-order valence-corrected chi connectivity index (χ3v) is 3.09. The van der Waals surface area contributed by atoms with E-state index in [1.54, 1.807) is 17.1 Å². The summed E-state index contributed by atoms with van der Waals surface area (Å²) in [7, 11) is 0. The third kappa shape index (κ3) is 2.51. The molecule has 0 bridgehead atoms. The summed E-state index contributed by atoms with van der Waals surface area (Å²) in [6.45, 7) is 0.666. The molecule has 0 fully saturated rings. The van der Waals surface area contributed by atoms with Crippen molar-refractivity contribution in [2.45, 2.75) is 6.54 Å². The highest BCUT2D eigenvalue weighted by molar-refractivity contribution is 5.76.